The van der Waals surface area contributed by atoms with Crippen LogP contribution in [-0.2, 0) is 6.18 Å². The van der Waals surface area contributed by atoms with Crippen molar-refractivity contribution in [3.63, 3.8) is 0 Å². The Morgan fingerprint density at radius 1 is 1.05 bits per heavy atom. The van der Waals surface area contributed by atoms with Crippen LogP contribution in [0.2, 0.25) is 0 Å². The second kappa shape index (κ2) is 11.6. The molecule has 4 aromatic rings. The molecule has 0 spiro atoms. The third-order valence-corrected chi connectivity index (χ3v) is 8.32. The van der Waals surface area contributed by atoms with E-state index in [2.05, 4.69) is 52.7 Å². The third-order valence-electron chi connectivity index (χ3n) is 8.32. The van der Waals surface area contributed by atoms with Crippen molar-refractivity contribution >= 4 is 28.7 Å². The number of carbonyl (C=O) groups excluding carboxylic acids is 1. The lowest BCUT2D eigenvalue weighted by molar-refractivity contribution is -0.137. The number of amides is 1. The van der Waals surface area contributed by atoms with E-state index in [1.54, 1.807) is 6.07 Å². The van der Waals surface area contributed by atoms with Gasteiger partial charge in [-0.05, 0) is 54.8 Å². The first-order valence-corrected chi connectivity index (χ1v) is 14.2. The quantitative estimate of drug-likeness (QED) is 0.319. The second-order valence-electron chi connectivity index (χ2n) is 11.1. The topological polar surface area (TPSA) is 92.8 Å². The van der Waals surface area contributed by atoms with Gasteiger partial charge in [-0.3, -0.25) is 19.1 Å². The number of anilines is 3. The number of imidazole rings is 1. The SMILES string of the molecule is Cc1ccc(C(=O)Nc2cncc(C(F)(F)F)c2)cc1[C@@H]1CCN(c2cnc3ccc(N4CCN(CC#N)CC4)cn23)C1. The molecule has 1 aromatic carbocycles. The number of aryl methyl sites for hydroxylation is 1. The van der Waals surface area contributed by atoms with Crippen molar-refractivity contribution < 1.29 is 18.0 Å². The Hall–Kier alpha value is -4.63. The smallest absolute Gasteiger partial charge is 0.368 e. The van der Waals surface area contributed by atoms with E-state index in [4.69, 9.17) is 5.26 Å². The molecule has 2 fully saturated rings. The minimum absolute atomic E-state index is 0.00924. The van der Waals surface area contributed by atoms with Crippen LogP contribution in [0.4, 0.5) is 30.4 Å². The van der Waals surface area contributed by atoms with Gasteiger partial charge in [-0.2, -0.15) is 18.4 Å². The number of nitrogens with zero attached hydrogens (tertiary/aromatic N) is 7. The molecule has 12 heteroatoms. The van der Waals surface area contributed by atoms with Crippen molar-refractivity contribution in [1.82, 2.24) is 19.3 Å². The number of nitriles is 1. The summed E-state index contributed by atoms with van der Waals surface area (Å²) in [5.74, 6) is 0.691. The number of hydrogen-bond donors (Lipinski definition) is 1. The van der Waals surface area contributed by atoms with Gasteiger partial charge in [-0.1, -0.05) is 6.07 Å². The highest BCUT2D eigenvalue weighted by Crippen LogP contribution is 2.34. The predicted octanol–water partition coefficient (Wildman–Crippen LogP) is 4.95. The van der Waals surface area contributed by atoms with Gasteiger partial charge in [0.15, 0.2) is 0 Å². The Morgan fingerprint density at radius 2 is 1.86 bits per heavy atom. The van der Waals surface area contributed by atoms with E-state index in [-0.39, 0.29) is 11.6 Å². The zero-order valence-corrected chi connectivity index (χ0v) is 23.7. The van der Waals surface area contributed by atoms with Crippen LogP contribution in [0.3, 0.4) is 0 Å². The average Bonchev–Trinajstić information content (AvgIpc) is 3.65. The van der Waals surface area contributed by atoms with Crippen molar-refractivity contribution in [3.05, 3.63) is 83.4 Å². The van der Waals surface area contributed by atoms with E-state index in [0.717, 1.165) is 86.2 Å². The van der Waals surface area contributed by atoms with Gasteiger partial charge in [0, 0.05) is 63.1 Å². The van der Waals surface area contributed by atoms with Crippen molar-refractivity contribution in [3.8, 4) is 6.07 Å². The van der Waals surface area contributed by atoms with E-state index in [9.17, 15) is 18.0 Å². The molecule has 0 saturated carbocycles. The summed E-state index contributed by atoms with van der Waals surface area (Å²) < 4.78 is 41.4. The van der Waals surface area contributed by atoms with Crippen molar-refractivity contribution in [2.75, 3.05) is 60.9 Å². The number of carbonyl (C=O) groups is 1. The highest BCUT2D eigenvalue weighted by molar-refractivity contribution is 6.04. The number of nitrogens with one attached hydrogen (secondary N) is 1. The predicted molar refractivity (Wildman–Crippen MR) is 157 cm³/mol. The molecule has 2 aliphatic heterocycles. The maximum absolute atomic E-state index is 13.1. The minimum Gasteiger partial charge on any atom is -0.368 e. The number of aromatic nitrogens is 3. The molecule has 1 amide bonds. The fraction of sp³-hybridized carbons (Fsp3) is 0.355. The summed E-state index contributed by atoms with van der Waals surface area (Å²) >= 11 is 0. The summed E-state index contributed by atoms with van der Waals surface area (Å²) in [6.45, 7) is 7.44. The van der Waals surface area contributed by atoms with Crippen LogP contribution >= 0.6 is 0 Å². The normalized spacial score (nSPS) is 17.8. The molecule has 0 aliphatic carbocycles. The van der Waals surface area contributed by atoms with Gasteiger partial charge in [0.1, 0.15) is 11.5 Å². The fourth-order valence-corrected chi connectivity index (χ4v) is 5.95. The van der Waals surface area contributed by atoms with Crippen molar-refractivity contribution in [1.29, 1.82) is 5.26 Å². The first-order chi connectivity index (χ1) is 20.7. The summed E-state index contributed by atoms with van der Waals surface area (Å²) in [7, 11) is 0. The summed E-state index contributed by atoms with van der Waals surface area (Å²) in [4.78, 5) is 28.1. The largest absolute Gasteiger partial charge is 0.417 e. The van der Waals surface area contributed by atoms with E-state index in [1.807, 2.05) is 31.3 Å². The number of benzene rings is 1. The zero-order chi connectivity index (χ0) is 30.1. The second-order valence-corrected chi connectivity index (χ2v) is 11.1. The molecule has 1 N–H and O–H groups in total. The molecule has 9 nitrogen and oxygen atoms in total. The highest BCUT2D eigenvalue weighted by Gasteiger charge is 2.31. The Morgan fingerprint density at radius 3 is 2.63 bits per heavy atom. The molecule has 3 aromatic heterocycles. The molecule has 222 valence electrons. The molecule has 5 heterocycles. The van der Waals surface area contributed by atoms with Gasteiger partial charge in [-0.25, -0.2) is 4.98 Å². The molecular formula is C31H31F3N8O. The zero-order valence-electron chi connectivity index (χ0n) is 23.7. The van der Waals surface area contributed by atoms with E-state index >= 15 is 0 Å². The number of halogens is 3. The monoisotopic (exact) mass is 588 g/mol. The first kappa shape index (κ1) is 28.5. The number of rotatable bonds is 6. The summed E-state index contributed by atoms with van der Waals surface area (Å²) in [5, 5.41) is 11.5. The molecule has 43 heavy (non-hydrogen) atoms. The molecule has 2 saturated heterocycles. The fourth-order valence-electron chi connectivity index (χ4n) is 5.95. The average molecular weight is 589 g/mol. The Kier molecular flexibility index (Phi) is 7.66. The van der Waals surface area contributed by atoms with E-state index in [0.29, 0.717) is 12.1 Å². The molecule has 0 radical (unpaired) electrons. The summed E-state index contributed by atoms with van der Waals surface area (Å²) in [6, 6.07) is 12.6. The van der Waals surface area contributed by atoms with Gasteiger partial charge >= 0.3 is 6.18 Å². The van der Waals surface area contributed by atoms with Crippen molar-refractivity contribution in [2.45, 2.75) is 25.4 Å². The Balaban J connectivity index is 1.17. The lowest BCUT2D eigenvalue weighted by atomic mass is 9.92. The van der Waals surface area contributed by atoms with Gasteiger partial charge in [0.25, 0.3) is 5.91 Å². The van der Waals surface area contributed by atoms with E-state index in [1.165, 1.54) is 6.20 Å². The summed E-state index contributed by atoms with van der Waals surface area (Å²) in [5.41, 5.74) is 3.53. The maximum Gasteiger partial charge on any atom is 0.417 e. The molecule has 1 atom stereocenters. The maximum atomic E-state index is 13.1. The lowest BCUT2D eigenvalue weighted by Crippen LogP contribution is -2.46. The van der Waals surface area contributed by atoms with Crippen LogP contribution in [0.1, 0.15) is 39.4 Å². The molecular weight excluding hydrogens is 557 g/mol. The first-order valence-electron chi connectivity index (χ1n) is 14.2. The number of hydrogen-bond acceptors (Lipinski definition) is 7. The number of pyridine rings is 2. The van der Waals surface area contributed by atoms with Crippen LogP contribution in [0.5, 0.6) is 0 Å². The van der Waals surface area contributed by atoms with Crippen LogP contribution in [0.25, 0.3) is 5.65 Å². The Bertz CT molecular complexity index is 1690. The Labute approximate surface area is 247 Å². The van der Waals surface area contributed by atoms with Crippen LogP contribution in [0, 0.1) is 18.3 Å². The van der Waals surface area contributed by atoms with Crippen LogP contribution in [-0.4, -0.2) is 71.0 Å². The van der Waals surface area contributed by atoms with Gasteiger partial charge in [-0.15, -0.1) is 0 Å². The highest BCUT2D eigenvalue weighted by atomic mass is 19.4. The van der Waals surface area contributed by atoms with Gasteiger partial charge < -0.3 is 15.1 Å². The summed E-state index contributed by atoms with van der Waals surface area (Å²) in [6.07, 6.45) is 2.30. The number of fused-ring (bicyclic) bond motifs is 1. The molecule has 0 unspecified atom stereocenters. The number of piperazine rings is 1. The number of alkyl halides is 3. The van der Waals surface area contributed by atoms with Crippen LogP contribution in [0.15, 0.2) is 61.2 Å². The van der Waals surface area contributed by atoms with Gasteiger partial charge in [0.2, 0.25) is 0 Å². The standard InChI is InChI=1S/C31H31F3N8O/c1-21-2-3-22(30(43)38-25-15-24(16-36-17-25)31(32,33)34)14-27(21)23-6-8-41(19-23)29-18-37-28-5-4-26(20-42(28)29)40-12-10-39(9-7-35)11-13-40/h2-5,14-18,20,23H,6,8-13,19H2,1H3,(H,38,43)/t23-/m1/s1. The molecule has 2 aliphatic rings. The lowest BCUT2D eigenvalue weighted by Gasteiger charge is -2.35. The van der Waals surface area contributed by atoms with Gasteiger partial charge in [0.05, 0.1) is 41.9 Å². The minimum atomic E-state index is -4.55. The molecule has 0 bridgehead atoms. The van der Waals surface area contributed by atoms with Crippen molar-refractivity contribution in [2.24, 2.45) is 0 Å². The molecule has 6 rings (SSSR count). The van der Waals surface area contributed by atoms with Crippen LogP contribution < -0.4 is 15.1 Å². The van der Waals surface area contributed by atoms with E-state index < -0.39 is 17.6 Å². The third kappa shape index (κ3) is 5.99.